The lowest BCUT2D eigenvalue weighted by Gasteiger charge is -2.14. The predicted molar refractivity (Wildman–Crippen MR) is 55.3 cm³/mol. The number of likely N-dealkylation sites (tertiary alicyclic amines) is 1. The van der Waals surface area contributed by atoms with E-state index in [1.807, 2.05) is 0 Å². The van der Waals surface area contributed by atoms with Gasteiger partial charge in [-0.15, -0.1) is 0 Å². The Balaban J connectivity index is 1.92. The molecule has 6 nitrogen and oxygen atoms in total. The highest BCUT2D eigenvalue weighted by Crippen LogP contribution is 2.13. The Kier molecular flexibility index (Phi) is 2.91. The van der Waals surface area contributed by atoms with Gasteiger partial charge in [-0.1, -0.05) is 0 Å². The topological polar surface area (TPSA) is 78.5 Å². The molecule has 0 bridgehead atoms. The van der Waals surface area contributed by atoms with Gasteiger partial charge >= 0.3 is 0 Å². The van der Waals surface area contributed by atoms with Gasteiger partial charge in [0.25, 0.3) is 5.91 Å². The second-order valence-corrected chi connectivity index (χ2v) is 4.25. The maximum absolute atomic E-state index is 11.7. The van der Waals surface area contributed by atoms with Gasteiger partial charge in [0.15, 0.2) is 0 Å². The van der Waals surface area contributed by atoms with Crippen LogP contribution < -0.4 is 10.6 Å². The zero-order valence-electron chi connectivity index (χ0n) is 9.16. The van der Waals surface area contributed by atoms with Crippen molar-refractivity contribution in [1.29, 1.82) is 0 Å². The number of nitrogens with zero attached hydrogens (tertiary/aromatic N) is 1. The number of hydrogen-bond acceptors (Lipinski definition) is 4. The van der Waals surface area contributed by atoms with Crippen LogP contribution in [0.2, 0.25) is 0 Å². The molecule has 2 atom stereocenters. The Morgan fingerprint density at radius 2 is 2.25 bits per heavy atom. The molecule has 2 saturated heterocycles. The van der Waals surface area contributed by atoms with Crippen LogP contribution in [0, 0.1) is 5.92 Å². The maximum atomic E-state index is 11.7. The van der Waals surface area contributed by atoms with Gasteiger partial charge in [0, 0.05) is 13.6 Å². The second-order valence-electron chi connectivity index (χ2n) is 4.25. The largest absolute Gasteiger partial charge is 0.343 e. The summed E-state index contributed by atoms with van der Waals surface area (Å²) in [6, 6.07) is -0.661. The highest BCUT2D eigenvalue weighted by atomic mass is 16.2. The molecule has 2 aliphatic rings. The van der Waals surface area contributed by atoms with Crippen molar-refractivity contribution in [1.82, 2.24) is 15.5 Å². The molecule has 2 N–H and O–H groups in total. The van der Waals surface area contributed by atoms with E-state index in [1.165, 1.54) is 7.05 Å². The molecule has 6 heteroatoms. The van der Waals surface area contributed by atoms with Gasteiger partial charge in [0.2, 0.25) is 11.8 Å². The van der Waals surface area contributed by atoms with Gasteiger partial charge in [-0.3, -0.25) is 19.3 Å². The standard InChI is InChI=1S/C10H15N3O3/c1-13-8(14)4-7(10(13)16)12-9(15)6-2-3-11-5-6/h6-7,11H,2-5H2,1H3,(H,12,15). The smallest absolute Gasteiger partial charge is 0.252 e. The quantitative estimate of drug-likeness (QED) is 0.559. The molecule has 0 aromatic heterocycles. The number of imide groups is 1. The van der Waals surface area contributed by atoms with E-state index in [2.05, 4.69) is 10.6 Å². The molecule has 0 aromatic rings. The first-order valence-electron chi connectivity index (χ1n) is 5.41. The first kappa shape index (κ1) is 11.1. The third-order valence-electron chi connectivity index (χ3n) is 3.13. The first-order chi connectivity index (χ1) is 7.59. The zero-order chi connectivity index (χ0) is 11.7. The first-order valence-corrected chi connectivity index (χ1v) is 5.41. The molecule has 0 aliphatic carbocycles. The van der Waals surface area contributed by atoms with Gasteiger partial charge in [-0.2, -0.15) is 0 Å². The number of nitrogens with one attached hydrogen (secondary N) is 2. The van der Waals surface area contributed by atoms with E-state index in [9.17, 15) is 14.4 Å². The van der Waals surface area contributed by atoms with Crippen LogP contribution in [0.15, 0.2) is 0 Å². The van der Waals surface area contributed by atoms with Gasteiger partial charge < -0.3 is 10.6 Å². The Hall–Kier alpha value is -1.43. The lowest BCUT2D eigenvalue weighted by atomic mass is 10.1. The second kappa shape index (κ2) is 4.21. The lowest BCUT2D eigenvalue weighted by Crippen LogP contribution is -2.43. The van der Waals surface area contributed by atoms with Crippen molar-refractivity contribution in [2.75, 3.05) is 20.1 Å². The molecule has 3 amide bonds. The molecular formula is C10H15N3O3. The van der Waals surface area contributed by atoms with Gasteiger partial charge in [-0.25, -0.2) is 0 Å². The summed E-state index contributed by atoms with van der Waals surface area (Å²) < 4.78 is 0. The molecule has 0 saturated carbocycles. The van der Waals surface area contributed by atoms with Crippen molar-refractivity contribution in [3.63, 3.8) is 0 Å². The number of likely N-dealkylation sites (N-methyl/N-ethyl adjacent to an activating group) is 1. The summed E-state index contributed by atoms with van der Waals surface area (Å²) in [4.78, 5) is 35.6. The number of carbonyl (C=O) groups is 3. The lowest BCUT2D eigenvalue weighted by molar-refractivity contribution is -0.138. The molecule has 0 radical (unpaired) electrons. The summed E-state index contributed by atoms with van der Waals surface area (Å²) in [6.07, 6.45) is 0.873. The van der Waals surface area contributed by atoms with Crippen LogP contribution in [0.25, 0.3) is 0 Å². The highest BCUT2D eigenvalue weighted by Gasteiger charge is 2.38. The fourth-order valence-electron chi connectivity index (χ4n) is 2.04. The minimum atomic E-state index is -0.661. The SMILES string of the molecule is CN1C(=O)CC(NC(=O)C2CCNC2)C1=O. The molecule has 2 rings (SSSR count). The summed E-state index contributed by atoms with van der Waals surface area (Å²) in [5, 5.41) is 5.72. The maximum Gasteiger partial charge on any atom is 0.252 e. The zero-order valence-corrected chi connectivity index (χ0v) is 9.16. The van der Waals surface area contributed by atoms with E-state index < -0.39 is 6.04 Å². The Labute approximate surface area is 93.4 Å². The Morgan fingerprint density at radius 1 is 1.50 bits per heavy atom. The molecule has 16 heavy (non-hydrogen) atoms. The third kappa shape index (κ3) is 1.92. The fourth-order valence-corrected chi connectivity index (χ4v) is 2.04. The van der Waals surface area contributed by atoms with Crippen molar-refractivity contribution in [2.24, 2.45) is 5.92 Å². The average molecular weight is 225 g/mol. The van der Waals surface area contributed by atoms with Crippen molar-refractivity contribution >= 4 is 17.7 Å². The van der Waals surface area contributed by atoms with Crippen LogP contribution in [0.4, 0.5) is 0 Å². The van der Waals surface area contributed by atoms with Crippen molar-refractivity contribution in [2.45, 2.75) is 18.9 Å². The van der Waals surface area contributed by atoms with E-state index in [0.717, 1.165) is 17.9 Å². The summed E-state index contributed by atoms with van der Waals surface area (Å²) in [6.45, 7) is 1.48. The van der Waals surface area contributed by atoms with Crippen LogP contribution >= 0.6 is 0 Å². The highest BCUT2D eigenvalue weighted by molar-refractivity contribution is 6.06. The van der Waals surface area contributed by atoms with Crippen LogP contribution in [-0.4, -0.2) is 48.8 Å². The van der Waals surface area contributed by atoms with E-state index in [0.29, 0.717) is 6.54 Å². The van der Waals surface area contributed by atoms with Crippen molar-refractivity contribution < 1.29 is 14.4 Å². The number of hydrogen-bond donors (Lipinski definition) is 2. The number of rotatable bonds is 2. The minimum absolute atomic E-state index is 0.0752. The Morgan fingerprint density at radius 3 is 2.75 bits per heavy atom. The van der Waals surface area contributed by atoms with E-state index >= 15 is 0 Å². The summed E-state index contributed by atoms with van der Waals surface area (Å²) in [5.74, 6) is -0.760. The predicted octanol–water partition coefficient (Wildman–Crippen LogP) is -1.53. The van der Waals surface area contributed by atoms with Crippen molar-refractivity contribution in [3.05, 3.63) is 0 Å². The molecule has 88 valence electrons. The average Bonchev–Trinajstić information content (AvgIpc) is 2.85. The van der Waals surface area contributed by atoms with E-state index in [1.54, 1.807) is 0 Å². The fraction of sp³-hybridized carbons (Fsp3) is 0.700. The Bertz CT molecular complexity index is 336. The molecular weight excluding hydrogens is 210 g/mol. The van der Waals surface area contributed by atoms with Crippen LogP contribution in [-0.2, 0) is 14.4 Å². The molecule has 0 spiro atoms. The number of amides is 3. The summed E-state index contributed by atoms with van der Waals surface area (Å²) in [5.41, 5.74) is 0. The molecule has 0 aromatic carbocycles. The molecule has 2 heterocycles. The van der Waals surface area contributed by atoms with Crippen LogP contribution in [0.1, 0.15) is 12.8 Å². The summed E-state index contributed by atoms with van der Waals surface area (Å²) >= 11 is 0. The van der Waals surface area contributed by atoms with Crippen LogP contribution in [0.3, 0.4) is 0 Å². The molecule has 2 unspecified atom stereocenters. The van der Waals surface area contributed by atoms with E-state index in [4.69, 9.17) is 0 Å². The van der Waals surface area contributed by atoms with Gasteiger partial charge in [0.05, 0.1) is 12.3 Å². The van der Waals surface area contributed by atoms with Gasteiger partial charge in [0.1, 0.15) is 6.04 Å². The van der Waals surface area contributed by atoms with Crippen molar-refractivity contribution in [3.8, 4) is 0 Å². The normalized spacial score (nSPS) is 29.9. The van der Waals surface area contributed by atoms with Gasteiger partial charge in [-0.05, 0) is 13.0 Å². The third-order valence-corrected chi connectivity index (χ3v) is 3.13. The summed E-state index contributed by atoms with van der Waals surface area (Å²) in [7, 11) is 1.44. The molecule has 2 fully saturated rings. The number of carbonyl (C=O) groups excluding carboxylic acids is 3. The monoisotopic (exact) mass is 225 g/mol. The van der Waals surface area contributed by atoms with Crippen LogP contribution in [0.5, 0.6) is 0 Å². The molecule has 2 aliphatic heterocycles. The van der Waals surface area contributed by atoms with E-state index in [-0.39, 0.29) is 30.1 Å². The minimum Gasteiger partial charge on any atom is -0.343 e.